The van der Waals surface area contributed by atoms with E-state index in [0.29, 0.717) is 28.4 Å². The van der Waals surface area contributed by atoms with Gasteiger partial charge < -0.3 is 9.26 Å². The highest BCUT2D eigenvalue weighted by Gasteiger charge is 2.30. The number of halogens is 3. The molecule has 0 spiro atoms. The molecule has 0 unspecified atom stereocenters. The molecule has 0 fully saturated rings. The fourth-order valence-corrected chi connectivity index (χ4v) is 4.50. The van der Waals surface area contributed by atoms with Crippen molar-refractivity contribution in [3.8, 4) is 16.3 Å². The summed E-state index contributed by atoms with van der Waals surface area (Å²) in [6.07, 6.45) is -2.57. The Morgan fingerprint density at radius 2 is 1.79 bits per heavy atom. The molecule has 1 atom stereocenters. The van der Waals surface area contributed by atoms with E-state index in [1.807, 2.05) is 31.2 Å². The molecule has 4 rings (SSSR count). The number of nitrogens with zero attached hydrogens (tertiary/aromatic N) is 2. The second-order valence-corrected chi connectivity index (χ2v) is 8.93. The maximum atomic E-state index is 12.8. The minimum Gasteiger partial charge on any atom is -0.488 e. The van der Waals surface area contributed by atoms with E-state index in [1.54, 1.807) is 13.0 Å². The zero-order chi connectivity index (χ0) is 24.3. The van der Waals surface area contributed by atoms with E-state index < -0.39 is 11.7 Å². The third-order valence-electron chi connectivity index (χ3n) is 5.31. The highest BCUT2D eigenvalue weighted by molar-refractivity contribution is 7.15. The lowest BCUT2D eigenvalue weighted by Crippen LogP contribution is -2.06. The molecule has 176 valence electrons. The molecule has 0 aliphatic heterocycles. The number of ketones is 1. The number of benzene rings is 2. The Balaban J connectivity index is 1.44. The van der Waals surface area contributed by atoms with Crippen molar-refractivity contribution >= 4 is 17.1 Å². The molecule has 0 aliphatic carbocycles. The monoisotopic (exact) mass is 486 g/mol. The van der Waals surface area contributed by atoms with E-state index >= 15 is 0 Å². The Kier molecular flexibility index (Phi) is 6.83. The molecule has 34 heavy (non-hydrogen) atoms. The molecule has 0 radical (unpaired) electrons. The Labute approximate surface area is 198 Å². The minimum atomic E-state index is -4.37. The van der Waals surface area contributed by atoms with Crippen LogP contribution in [-0.4, -0.2) is 15.9 Å². The molecule has 0 saturated carbocycles. The van der Waals surface area contributed by atoms with E-state index in [4.69, 9.17) is 9.26 Å². The molecule has 9 heteroatoms. The molecule has 5 nitrogen and oxygen atoms in total. The molecule has 4 aromatic rings. The van der Waals surface area contributed by atoms with Gasteiger partial charge in [-0.2, -0.15) is 13.2 Å². The molecule has 0 N–H and O–H groups in total. The average Bonchev–Trinajstić information content (AvgIpc) is 3.46. The predicted molar refractivity (Wildman–Crippen MR) is 122 cm³/mol. The summed E-state index contributed by atoms with van der Waals surface area (Å²) in [5.74, 6) is 0.507. The number of carbonyl (C=O) groups is 1. The highest BCUT2D eigenvalue weighted by Crippen LogP contribution is 2.34. The van der Waals surface area contributed by atoms with Gasteiger partial charge in [0.15, 0.2) is 0 Å². The van der Waals surface area contributed by atoms with Crippen molar-refractivity contribution < 1.29 is 27.2 Å². The van der Waals surface area contributed by atoms with Crippen molar-refractivity contribution in [3.05, 3.63) is 88.3 Å². The Hall–Kier alpha value is -3.46. The number of hydrogen-bond donors (Lipinski definition) is 0. The van der Waals surface area contributed by atoms with Gasteiger partial charge in [0.1, 0.15) is 29.4 Å². The predicted octanol–water partition coefficient (Wildman–Crippen LogP) is 6.82. The summed E-state index contributed by atoms with van der Waals surface area (Å²) < 4.78 is 49.2. The van der Waals surface area contributed by atoms with Gasteiger partial charge >= 0.3 is 6.18 Å². The largest absolute Gasteiger partial charge is 0.488 e. The number of carbonyl (C=O) groups excluding carboxylic acids is 1. The molecular weight excluding hydrogens is 465 g/mol. The normalized spacial score (nSPS) is 12.5. The van der Waals surface area contributed by atoms with Crippen molar-refractivity contribution in [2.45, 2.75) is 39.0 Å². The van der Waals surface area contributed by atoms with E-state index in [1.165, 1.54) is 29.7 Å². The SMILES string of the molecule is CC(=O)C[C@@H](c1ccc(OCc2sc(-c3ccc(C(F)(F)F)cc3)nc2C)cc1)c1ccon1. The number of Topliss-reactive ketones (excluding diaryl/α,β-unsaturated/α-hetero) is 1. The number of hydrogen-bond acceptors (Lipinski definition) is 6. The van der Waals surface area contributed by atoms with Crippen molar-refractivity contribution in [2.24, 2.45) is 0 Å². The van der Waals surface area contributed by atoms with E-state index in [9.17, 15) is 18.0 Å². The first-order valence-electron chi connectivity index (χ1n) is 10.5. The van der Waals surface area contributed by atoms with Crippen LogP contribution in [0.4, 0.5) is 13.2 Å². The van der Waals surface area contributed by atoms with Gasteiger partial charge in [0.25, 0.3) is 0 Å². The summed E-state index contributed by atoms with van der Waals surface area (Å²) in [5.41, 5.74) is 2.32. The van der Waals surface area contributed by atoms with Gasteiger partial charge in [-0.05, 0) is 43.7 Å². The second-order valence-electron chi connectivity index (χ2n) is 7.84. The summed E-state index contributed by atoms with van der Waals surface area (Å²) in [5, 5.41) is 4.62. The molecular formula is C25H21F3N2O3S. The van der Waals surface area contributed by atoms with Crippen LogP contribution in [0.5, 0.6) is 5.75 Å². The number of aryl methyl sites for hydroxylation is 1. The van der Waals surface area contributed by atoms with Gasteiger partial charge in [-0.3, -0.25) is 4.79 Å². The third kappa shape index (κ3) is 5.53. The van der Waals surface area contributed by atoms with Crippen LogP contribution in [0.2, 0.25) is 0 Å². The van der Waals surface area contributed by atoms with Crippen molar-refractivity contribution in [1.82, 2.24) is 10.1 Å². The van der Waals surface area contributed by atoms with Crippen LogP contribution in [0.3, 0.4) is 0 Å². The van der Waals surface area contributed by atoms with Gasteiger partial charge in [-0.15, -0.1) is 11.3 Å². The molecule has 2 aromatic carbocycles. The summed E-state index contributed by atoms with van der Waals surface area (Å²) in [6.45, 7) is 3.67. The number of aromatic nitrogens is 2. The van der Waals surface area contributed by atoms with Gasteiger partial charge in [0, 0.05) is 24.0 Å². The molecule has 2 heterocycles. The van der Waals surface area contributed by atoms with Crippen LogP contribution in [-0.2, 0) is 17.6 Å². The van der Waals surface area contributed by atoms with Crippen LogP contribution >= 0.6 is 11.3 Å². The van der Waals surface area contributed by atoms with Crippen molar-refractivity contribution in [1.29, 1.82) is 0 Å². The second kappa shape index (κ2) is 9.80. The smallest absolute Gasteiger partial charge is 0.416 e. The maximum absolute atomic E-state index is 12.8. The van der Waals surface area contributed by atoms with Crippen LogP contribution in [0.15, 0.2) is 65.4 Å². The molecule has 0 bridgehead atoms. The fourth-order valence-electron chi connectivity index (χ4n) is 3.51. The van der Waals surface area contributed by atoms with Crippen LogP contribution in [0.25, 0.3) is 10.6 Å². The first-order chi connectivity index (χ1) is 16.2. The van der Waals surface area contributed by atoms with Crippen LogP contribution in [0.1, 0.15) is 46.7 Å². The summed E-state index contributed by atoms with van der Waals surface area (Å²) in [7, 11) is 0. The Bertz CT molecular complexity index is 1250. The first-order valence-corrected chi connectivity index (χ1v) is 11.3. The number of thiazole rings is 1. The van der Waals surface area contributed by atoms with Gasteiger partial charge in [0.2, 0.25) is 0 Å². The molecule has 2 aromatic heterocycles. The lowest BCUT2D eigenvalue weighted by atomic mass is 9.91. The third-order valence-corrected chi connectivity index (χ3v) is 6.49. The zero-order valence-electron chi connectivity index (χ0n) is 18.4. The molecule has 0 amide bonds. The van der Waals surface area contributed by atoms with Crippen LogP contribution in [0, 0.1) is 6.92 Å². The van der Waals surface area contributed by atoms with E-state index in [0.717, 1.165) is 28.3 Å². The summed E-state index contributed by atoms with van der Waals surface area (Å²) in [4.78, 5) is 17.1. The van der Waals surface area contributed by atoms with E-state index in [-0.39, 0.29) is 18.3 Å². The van der Waals surface area contributed by atoms with Crippen LogP contribution < -0.4 is 4.74 Å². The Morgan fingerprint density at radius 3 is 2.38 bits per heavy atom. The highest BCUT2D eigenvalue weighted by atomic mass is 32.1. The van der Waals surface area contributed by atoms with Gasteiger partial charge in [-0.1, -0.05) is 29.4 Å². The summed E-state index contributed by atoms with van der Waals surface area (Å²) >= 11 is 1.38. The summed E-state index contributed by atoms with van der Waals surface area (Å²) in [6, 6.07) is 14.2. The maximum Gasteiger partial charge on any atom is 0.416 e. The first kappa shape index (κ1) is 23.7. The zero-order valence-corrected chi connectivity index (χ0v) is 19.2. The Morgan fingerprint density at radius 1 is 1.09 bits per heavy atom. The molecule has 0 aliphatic rings. The topological polar surface area (TPSA) is 65.2 Å². The number of alkyl halides is 3. The van der Waals surface area contributed by atoms with E-state index in [2.05, 4.69) is 10.1 Å². The average molecular weight is 487 g/mol. The van der Waals surface area contributed by atoms with Gasteiger partial charge in [0.05, 0.1) is 21.8 Å². The number of ether oxygens (including phenoxy) is 1. The quantitative estimate of drug-likeness (QED) is 0.274. The van der Waals surface area contributed by atoms with Crippen molar-refractivity contribution in [3.63, 3.8) is 0 Å². The lowest BCUT2D eigenvalue weighted by Gasteiger charge is -2.14. The fraction of sp³-hybridized carbons (Fsp3) is 0.240. The standard InChI is InChI=1S/C25H21F3N2O3S/c1-15(31)13-21(22-11-12-33-30-22)17-5-9-20(10-6-17)32-14-23-16(2)29-24(34-23)18-3-7-19(8-4-18)25(26,27)28/h3-12,21H,13-14H2,1-2H3/t21-/m0/s1. The van der Waals surface area contributed by atoms with Crippen molar-refractivity contribution in [2.75, 3.05) is 0 Å². The number of rotatable bonds is 8. The molecule has 0 saturated heterocycles. The van der Waals surface area contributed by atoms with Gasteiger partial charge in [-0.25, -0.2) is 4.98 Å². The minimum absolute atomic E-state index is 0.0536. The lowest BCUT2D eigenvalue weighted by molar-refractivity contribution is -0.137.